The molecule has 1 aromatic carbocycles. The number of rotatable bonds is 7. The lowest BCUT2D eigenvalue weighted by molar-refractivity contribution is -0.138. The molecular formula is C17H22N2O6S. The van der Waals surface area contributed by atoms with Crippen molar-refractivity contribution in [3.63, 3.8) is 0 Å². The lowest BCUT2D eigenvalue weighted by Crippen LogP contribution is -2.46. The Morgan fingerprint density at radius 3 is 2.31 bits per heavy atom. The number of nitrogens with one attached hydrogen (secondary N) is 2. The van der Waals surface area contributed by atoms with Crippen molar-refractivity contribution in [2.45, 2.75) is 49.1 Å². The van der Waals surface area contributed by atoms with Crippen molar-refractivity contribution < 1.29 is 28.2 Å². The first-order chi connectivity index (χ1) is 12.3. The van der Waals surface area contributed by atoms with Gasteiger partial charge in [0.2, 0.25) is 15.9 Å². The molecule has 0 spiro atoms. The van der Waals surface area contributed by atoms with Crippen LogP contribution in [0.1, 0.15) is 32.1 Å². The molecule has 2 fully saturated rings. The molecule has 9 heteroatoms. The standard InChI is InChI=1S/C17H22N2O6S/c20-14(7-8-15(21)22)18-12-3-5-13(6-4-12)26(24,25)19-16-10-1-2-11(9-10)17(16)23/h3-6,10-11,16-17,19,23H,1-2,7-9H2,(H,18,20)(H,21,22). The Labute approximate surface area is 151 Å². The van der Waals surface area contributed by atoms with Gasteiger partial charge in [-0.2, -0.15) is 0 Å². The quantitative estimate of drug-likeness (QED) is 0.554. The van der Waals surface area contributed by atoms with Gasteiger partial charge in [0.05, 0.1) is 23.5 Å². The van der Waals surface area contributed by atoms with Crippen molar-refractivity contribution >= 4 is 27.6 Å². The Kier molecular flexibility index (Phi) is 5.31. The second kappa shape index (κ2) is 7.34. The average Bonchev–Trinajstić information content (AvgIpc) is 3.17. The molecule has 0 radical (unpaired) electrons. The molecule has 0 saturated heterocycles. The number of amides is 1. The normalized spacial score (nSPS) is 27.4. The van der Waals surface area contributed by atoms with Gasteiger partial charge in [-0.25, -0.2) is 13.1 Å². The molecular weight excluding hydrogens is 360 g/mol. The van der Waals surface area contributed by atoms with Crippen molar-refractivity contribution in [2.75, 3.05) is 5.32 Å². The van der Waals surface area contributed by atoms with Crippen LogP contribution >= 0.6 is 0 Å². The van der Waals surface area contributed by atoms with E-state index in [-0.39, 0.29) is 29.6 Å². The van der Waals surface area contributed by atoms with E-state index in [0.717, 1.165) is 19.3 Å². The lowest BCUT2D eigenvalue weighted by atomic mass is 9.93. The number of sulfonamides is 1. The third-order valence-corrected chi connectivity index (χ3v) is 6.65. The molecule has 4 N–H and O–H groups in total. The van der Waals surface area contributed by atoms with Crippen LogP contribution in [-0.2, 0) is 19.6 Å². The minimum atomic E-state index is -3.77. The summed E-state index contributed by atoms with van der Waals surface area (Å²) in [6.07, 6.45) is 1.66. The van der Waals surface area contributed by atoms with Crippen molar-refractivity contribution in [2.24, 2.45) is 11.8 Å². The van der Waals surface area contributed by atoms with E-state index in [2.05, 4.69) is 10.0 Å². The fourth-order valence-corrected chi connectivity index (χ4v) is 5.16. The summed E-state index contributed by atoms with van der Waals surface area (Å²) in [6, 6.07) is 5.19. The molecule has 8 nitrogen and oxygen atoms in total. The topological polar surface area (TPSA) is 133 Å². The number of carboxylic acid groups (broad SMARTS) is 1. The van der Waals surface area contributed by atoms with Gasteiger partial charge in [-0.05, 0) is 55.4 Å². The number of hydrogen-bond acceptors (Lipinski definition) is 5. The Morgan fingerprint density at radius 1 is 1.08 bits per heavy atom. The number of anilines is 1. The van der Waals surface area contributed by atoms with Crippen LogP contribution in [0.5, 0.6) is 0 Å². The Bertz CT molecular complexity index is 790. The van der Waals surface area contributed by atoms with Crippen LogP contribution in [-0.4, -0.2) is 42.7 Å². The molecule has 2 aliphatic carbocycles. The molecule has 1 aromatic rings. The molecule has 1 amide bonds. The number of aliphatic carboxylic acids is 1. The van der Waals surface area contributed by atoms with Gasteiger partial charge in [0.15, 0.2) is 0 Å². The third kappa shape index (κ3) is 4.05. The predicted molar refractivity (Wildman–Crippen MR) is 92.9 cm³/mol. The zero-order chi connectivity index (χ0) is 18.9. The molecule has 142 valence electrons. The number of aliphatic hydroxyl groups excluding tert-OH is 1. The summed E-state index contributed by atoms with van der Waals surface area (Å²) >= 11 is 0. The second-order valence-corrected chi connectivity index (χ2v) is 8.65. The zero-order valence-electron chi connectivity index (χ0n) is 14.1. The molecule has 26 heavy (non-hydrogen) atoms. The number of carbonyl (C=O) groups excluding carboxylic acids is 1. The van der Waals surface area contributed by atoms with Gasteiger partial charge < -0.3 is 15.5 Å². The Hall–Kier alpha value is -1.97. The third-order valence-electron chi connectivity index (χ3n) is 5.18. The van der Waals surface area contributed by atoms with E-state index in [1.54, 1.807) is 0 Å². The van der Waals surface area contributed by atoms with Crippen LogP contribution in [0.4, 0.5) is 5.69 Å². The summed E-state index contributed by atoms with van der Waals surface area (Å²) in [5, 5.41) is 21.3. The van der Waals surface area contributed by atoms with Crippen LogP contribution < -0.4 is 10.0 Å². The number of benzene rings is 1. The highest BCUT2D eigenvalue weighted by Gasteiger charge is 2.48. The van der Waals surface area contributed by atoms with Crippen LogP contribution in [0.25, 0.3) is 0 Å². The minimum absolute atomic E-state index is 0.0519. The van der Waals surface area contributed by atoms with Crippen LogP contribution in [0.2, 0.25) is 0 Å². The summed E-state index contributed by atoms with van der Waals surface area (Å²) in [4.78, 5) is 22.1. The Morgan fingerprint density at radius 2 is 1.73 bits per heavy atom. The van der Waals surface area contributed by atoms with E-state index in [4.69, 9.17) is 5.11 Å². The number of aliphatic hydroxyl groups is 1. The van der Waals surface area contributed by atoms with Crippen molar-refractivity contribution in [3.8, 4) is 0 Å². The summed E-state index contributed by atoms with van der Waals surface area (Å²) in [6.45, 7) is 0. The maximum atomic E-state index is 12.5. The first kappa shape index (κ1) is 18.8. The van der Waals surface area contributed by atoms with Gasteiger partial charge in [-0.1, -0.05) is 0 Å². The molecule has 4 unspecified atom stereocenters. The van der Waals surface area contributed by atoms with E-state index in [9.17, 15) is 23.1 Å². The van der Waals surface area contributed by atoms with Crippen LogP contribution in [0.15, 0.2) is 29.2 Å². The van der Waals surface area contributed by atoms with Gasteiger partial charge in [0, 0.05) is 12.1 Å². The van der Waals surface area contributed by atoms with Crippen LogP contribution in [0, 0.1) is 11.8 Å². The van der Waals surface area contributed by atoms with E-state index < -0.39 is 34.0 Å². The SMILES string of the molecule is O=C(O)CCC(=O)Nc1ccc(S(=O)(=O)NC2C3CCC(C3)C2O)cc1. The first-order valence-electron chi connectivity index (χ1n) is 8.58. The lowest BCUT2D eigenvalue weighted by Gasteiger charge is -2.27. The second-order valence-electron chi connectivity index (χ2n) is 6.94. The largest absolute Gasteiger partial charge is 0.481 e. The summed E-state index contributed by atoms with van der Waals surface area (Å²) in [7, 11) is -3.77. The molecule has 0 aliphatic heterocycles. The summed E-state index contributed by atoms with van der Waals surface area (Å²) in [5.41, 5.74) is 0.388. The van der Waals surface area contributed by atoms with Gasteiger partial charge in [-0.15, -0.1) is 0 Å². The summed E-state index contributed by atoms with van der Waals surface area (Å²) < 4.78 is 27.7. The van der Waals surface area contributed by atoms with Gasteiger partial charge >= 0.3 is 5.97 Å². The van der Waals surface area contributed by atoms with Crippen molar-refractivity contribution in [1.29, 1.82) is 0 Å². The fraction of sp³-hybridized carbons (Fsp3) is 0.529. The maximum absolute atomic E-state index is 12.5. The highest BCUT2D eigenvalue weighted by molar-refractivity contribution is 7.89. The predicted octanol–water partition coefficient (Wildman–Crippen LogP) is 0.928. The van der Waals surface area contributed by atoms with Crippen molar-refractivity contribution in [1.82, 2.24) is 4.72 Å². The molecule has 4 atom stereocenters. The van der Waals surface area contributed by atoms with Gasteiger partial charge in [-0.3, -0.25) is 9.59 Å². The fourth-order valence-electron chi connectivity index (χ4n) is 3.84. The smallest absolute Gasteiger partial charge is 0.303 e. The first-order valence-corrected chi connectivity index (χ1v) is 10.1. The number of carboxylic acids is 1. The monoisotopic (exact) mass is 382 g/mol. The summed E-state index contributed by atoms with van der Waals surface area (Å²) in [5.74, 6) is -1.16. The zero-order valence-corrected chi connectivity index (χ0v) is 14.9. The van der Waals surface area contributed by atoms with Gasteiger partial charge in [0.1, 0.15) is 0 Å². The molecule has 0 heterocycles. The minimum Gasteiger partial charge on any atom is -0.481 e. The molecule has 2 bridgehead atoms. The Balaban J connectivity index is 1.62. The van der Waals surface area contributed by atoms with E-state index in [0.29, 0.717) is 5.69 Å². The van der Waals surface area contributed by atoms with E-state index >= 15 is 0 Å². The average molecular weight is 382 g/mol. The number of hydrogen-bond donors (Lipinski definition) is 4. The van der Waals surface area contributed by atoms with Crippen LogP contribution in [0.3, 0.4) is 0 Å². The van der Waals surface area contributed by atoms with Gasteiger partial charge in [0.25, 0.3) is 0 Å². The van der Waals surface area contributed by atoms with E-state index in [1.165, 1.54) is 24.3 Å². The van der Waals surface area contributed by atoms with E-state index in [1.807, 2.05) is 0 Å². The number of carbonyl (C=O) groups is 2. The molecule has 0 aromatic heterocycles. The highest BCUT2D eigenvalue weighted by Crippen LogP contribution is 2.45. The maximum Gasteiger partial charge on any atom is 0.303 e. The molecule has 2 aliphatic rings. The van der Waals surface area contributed by atoms with Crippen molar-refractivity contribution in [3.05, 3.63) is 24.3 Å². The molecule has 2 saturated carbocycles. The highest BCUT2D eigenvalue weighted by atomic mass is 32.2. The molecule has 3 rings (SSSR count). The number of fused-ring (bicyclic) bond motifs is 2.